The summed E-state index contributed by atoms with van der Waals surface area (Å²) in [5.74, 6) is 3.47. The fourth-order valence-corrected chi connectivity index (χ4v) is 18.4. The van der Waals surface area contributed by atoms with E-state index in [2.05, 4.69) is 329 Å². The Morgan fingerprint density at radius 2 is 0.574 bits per heavy atom. The van der Waals surface area contributed by atoms with E-state index in [9.17, 15) is 0 Å². The van der Waals surface area contributed by atoms with Crippen LogP contribution in [0.25, 0.3) is 22.3 Å². The summed E-state index contributed by atoms with van der Waals surface area (Å²) in [7, 11) is 0. The maximum atomic E-state index is 8.03. The third-order valence-corrected chi connectivity index (χ3v) is 21.7. The molecule has 0 N–H and O–H groups in total. The van der Waals surface area contributed by atoms with Gasteiger partial charge in [-0.05, 0) is 179 Å². The maximum Gasteiger partial charge on any atom is 0.261 e. The molecule has 14 aromatic carbocycles. The van der Waals surface area contributed by atoms with Crippen LogP contribution in [0.3, 0.4) is 0 Å². The molecular formula is C85H51B3N4O2. The van der Waals surface area contributed by atoms with Gasteiger partial charge in [-0.25, -0.2) is 0 Å². The molecule has 6 heterocycles. The SMILES string of the molecule is c1ccc(N2c3ccccc3B3c4ccccc4Oc4c3c2cc2c4B3c4c(cccc4N(c4cccc5c4-c4ccccc4C54c5ccccc5-c5ccccc54)c4cc5c6c(c43)Oc3ccccc3B6c3ccccc3N5c3ccccc3)N2c2ccccc2)cc1. The van der Waals surface area contributed by atoms with E-state index in [1.54, 1.807) is 0 Å². The Morgan fingerprint density at radius 1 is 0.234 bits per heavy atom. The molecule has 6 nitrogen and oxygen atoms in total. The van der Waals surface area contributed by atoms with Gasteiger partial charge in [0, 0.05) is 68.1 Å². The Bertz CT molecular complexity index is 5620. The zero-order valence-electron chi connectivity index (χ0n) is 50.8. The Morgan fingerprint density at radius 3 is 1.09 bits per heavy atom. The minimum atomic E-state index is -0.580. The average molecular weight is 1190 g/mol. The van der Waals surface area contributed by atoms with E-state index in [0.717, 1.165) is 124 Å². The van der Waals surface area contributed by atoms with Crippen LogP contribution in [0, 0.1) is 0 Å². The van der Waals surface area contributed by atoms with Crippen LogP contribution in [0.4, 0.5) is 68.2 Å². The molecule has 0 fully saturated rings. The molecule has 0 aromatic heterocycles. The molecule has 0 bridgehead atoms. The predicted octanol–water partition coefficient (Wildman–Crippen LogP) is 14.9. The van der Waals surface area contributed by atoms with Crippen molar-refractivity contribution in [2.45, 2.75) is 5.41 Å². The van der Waals surface area contributed by atoms with E-state index in [-0.39, 0.29) is 13.4 Å². The minimum Gasteiger partial charge on any atom is -0.459 e. The summed E-state index contributed by atoms with van der Waals surface area (Å²) in [4.78, 5) is 10.2. The van der Waals surface area contributed by atoms with Crippen molar-refractivity contribution in [1.82, 2.24) is 0 Å². The predicted molar refractivity (Wildman–Crippen MR) is 388 cm³/mol. The molecule has 2 aliphatic carbocycles. The van der Waals surface area contributed by atoms with Crippen molar-refractivity contribution < 1.29 is 9.47 Å². The molecule has 9 heteroatoms. The lowest BCUT2D eigenvalue weighted by Gasteiger charge is -2.49. The lowest BCUT2D eigenvalue weighted by atomic mass is 9.28. The number of nitrogens with zero attached hydrogens (tertiary/aromatic N) is 4. The van der Waals surface area contributed by atoms with Gasteiger partial charge >= 0.3 is 0 Å². The first-order chi connectivity index (χ1) is 46.7. The molecule has 0 saturated heterocycles. The molecule has 0 radical (unpaired) electrons. The number of hydrogen-bond acceptors (Lipinski definition) is 6. The van der Waals surface area contributed by atoms with Gasteiger partial charge < -0.3 is 29.1 Å². The molecule has 432 valence electrons. The maximum absolute atomic E-state index is 8.03. The van der Waals surface area contributed by atoms with Crippen LogP contribution < -0.4 is 78.2 Å². The van der Waals surface area contributed by atoms with Crippen LogP contribution in [0.15, 0.2) is 309 Å². The van der Waals surface area contributed by atoms with Crippen LogP contribution >= 0.6 is 0 Å². The average Bonchev–Trinajstić information content (AvgIpc) is 1.10. The van der Waals surface area contributed by atoms with Crippen LogP contribution in [0.2, 0.25) is 0 Å². The highest BCUT2D eigenvalue weighted by Gasteiger charge is 2.57. The molecule has 94 heavy (non-hydrogen) atoms. The minimum absolute atomic E-state index is 0.145. The molecule has 0 saturated carbocycles. The number of hydrogen-bond donors (Lipinski definition) is 0. The van der Waals surface area contributed by atoms with Gasteiger partial charge in [0.2, 0.25) is 0 Å². The third-order valence-electron chi connectivity index (χ3n) is 21.7. The number of anilines is 12. The number of fused-ring (bicyclic) bond motifs is 24. The number of benzene rings is 14. The van der Waals surface area contributed by atoms with Gasteiger partial charge in [0.05, 0.1) is 11.1 Å². The Kier molecular flexibility index (Phi) is 10.1. The van der Waals surface area contributed by atoms with Crippen LogP contribution in [-0.4, -0.2) is 20.1 Å². The molecule has 8 aliphatic rings. The summed E-state index contributed by atoms with van der Waals surface area (Å²) in [5.41, 5.74) is 33.1. The largest absolute Gasteiger partial charge is 0.459 e. The summed E-state index contributed by atoms with van der Waals surface area (Å²) in [5, 5.41) is 0. The first-order valence-corrected chi connectivity index (χ1v) is 32.8. The highest BCUT2D eigenvalue weighted by Crippen LogP contribution is 2.65. The molecule has 0 atom stereocenters. The zero-order chi connectivity index (χ0) is 61.1. The number of rotatable bonds is 4. The van der Waals surface area contributed by atoms with Gasteiger partial charge in [0.1, 0.15) is 23.0 Å². The van der Waals surface area contributed by atoms with Gasteiger partial charge in [-0.2, -0.15) is 0 Å². The first kappa shape index (κ1) is 50.8. The molecule has 0 amide bonds. The smallest absolute Gasteiger partial charge is 0.261 e. The normalized spacial score (nSPS) is 14.7. The summed E-state index contributed by atoms with van der Waals surface area (Å²) in [6, 6.07) is 115. The highest BCUT2D eigenvalue weighted by atomic mass is 16.5. The molecule has 1 spiro atoms. The van der Waals surface area contributed by atoms with Crippen molar-refractivity contribution in [3.05, 3.63) is 332 Å². The first-order valence-electron chi connectivity index (χ1n) is 32.8. The summed E-state index contributed by atoms with van der Waals surface area (Å²) in [6.45, 7) is -0.738. The summed E-state index contributed by atoms with van der Waals surface area (Å²) in [6.07, 6.45) is 0. The molecule has 6 aliphatic heterocycles. The molecular weight excluding hydrogens is 1140 g/mol. The van der Waals surface area contributed by atoms with E-state index in [1.807, 2.05) is 0 Å². The zero-order valence-corrected chi connectivity index (χ0v) is 50.8. The lowest BCUT2D eigenvalue weighted by molar-refractivity contribution is 0.490. The van der Waals surface area contributed by atoms with Crippen molar-refractivity contribution in [2.75, 3.05) is 19.6 Å². The second-order valence-electron chi connectivity index (χ2n) is 26.0. The van der Waals surface area contributed by atoms with Crippen LogP contribution in [0.1, 0.15) is 22.3 Å². The fraction of sp³-hybridized carbons (Fsp3) is 0.0118. The number of ether oxygens (including phenoxy) is 2. The van der Waals surface area contributed by atoms with E-state index < -0.39 is 12.1 Å². The van der Waals surface area contributed by atoms with Gasteiger partial charge in [-0.3, -0.25) is 0 Å². The van der Waals surface area contributed by atoms with Gasteiger partial charge in [-0.1, -0.05) is 218 Å². The molecule has 14 aromatic rings. The van der Waals surface area contributed by atoms with Crippen molar-refractivity contribution in [3.63, 3.8) is 0 Å². The van der Waals surface area contributed by atoms with Crippen molar-refractivity contribution in [1.29, 1.82) is 0 Å². The van der Waals surface area contributed by atoms with E-state index in [1.165, 1.54) is 60.9 Å². The second-order valence-corrected chi connectivity index (χ2v) is 26.0. The van der Waals surface area contributed by atoms with E-state index >= 15 is 0 Å². The number of para-hydroxylation sites is 7. The highest BCUT2D eigenvalue weighted by molar-refractivity contribution is 7.05. The lowest BCUT2D eigenvalue weighted by Crippen LogP contribution is -2.67. The fourth-order valence-electron chi connectivity index (χ4n) is 18.4. The van der Waals surface area contributed by atoms with Crippen LogP contribution in [0.5, 0.6) is 23.0 Å². The Balaban J connectivity index is 0.914. The van der Waals surface area contributed by atoms with Crippen LogP contribution in [-0.2, 0) is 5.41 Å². The Hall–Kier alpha value is -11.9. The molecule has 22 rings (SSSR count). The second kappa shape index (κ2) is 18.6. The standard InChI is InChI=1S/C85H51B3N4O2/c1-4-26-52(27-5-1)89-66-43-20-16-39-62(66)86-64-41-18-22-48-75(64)93-83-79(86)71(89)50-73-81(83)88-78-69(91(73)54-30-8-3-9-31-54)46-25-47-70(78)92(68-45-24-38-61-77(68)57-34-12-15-37-60(57)85(61)58-35-13-10-32-55(58)56-33-11-14-36-59(56)85)74-51-72-80-84(82(74)88)94-76-49-23-19-42-65(76)87(80)63-40-17-21-44-67(63)90(72)53-28-6-2-7-29-53/h1-51H. The van der Waals surface area contributed by atoms with E-state index in [0.29, 0.717) is 0 Å². The van der Waals surface area contributed by atoms with Crippen molar-refractivity contribution >= 4 is 138 Å². The van der Waals surface area contributed by atoms with E-state index in [4.69, 9.17) is 9.47 Å². The van der Waals surface area contributed by atoms with Gasteiger partial charge in [0.25, 0.3) is 20.1 Å². The summed E-state index contributed by atoms with van der Waals surface area (Å²) < 4.78 is 16.0. The van der Waals surface area contributed by atoms with Gasteiger partial charge in [-0.15, -0.1) is 0 Å². The topological polar surface area (TPSA) is 31.4 Å². The van der Waals surface area contributed by atoms with Crippen molar-refractivity contribution in [2.24, 2.45) is 0 Å². The Labute approximate surface area is 545 Å². The van der Waals surface area contributed by atoms with Crippen molar-refractivity contribution in [3.8, 4) is 45.3 Å². The third kappa shape index (κ3) is 6.34. The summed E-state index contributed by atoms with van der Waals surface area (Å²) >= 11 is 0. The molecule has 0 unspecified atom stereocenters. The monoisotopic (exact) mass is 1190 g/mol. The quantitative estimate of drug-likeness (QED) is 0.163. The van der Waals surface area contributed by atoms with Gasteiger partial charge in [0.15, 0.2) is 0 Å².